The third-order valence-corrected chi connectivity index (χ3v) is 4.23. The maximum Gasteiger partial charge on any atom is 0.224 e. The molecule has 3 nitrogen and oxygen atoms in total. The second-order valence-corrected chi connectivity index (χ2v) is 6.13. The van der Waals surface area contributed by atoms with Gasteiger partial charge in [0.05, 0.1) is 6.04 Å². The Bertz CT molecular complexity index is 630. The fourth-order valence-electron chi connectivity index (χ4n) is 2.53. The van der Waals surface area contributed by atoms with Crippen LogP contribution in [0.4, 0.5) is 0 Å². The van der Waals surface area contributed by atoms with Gasteiger partial charge in [-0.1, -0.05) is 67.1 Å². The topological polar surface area (TPSA) is 41.1 Å². The molecule has 2 N–H and O–H groups in total. The van der Waals surface area contributed by atoms with E-state index in [4.69, 9.17) is 11.6 Å². The van der Waals surface area contributed by atoms with Gasteiger partial charge in [0.2, 0.25) is 5.91 Å². The molecule has 0 bridgehead atoms. The van der Waals surface area contributed by atoms with Crippen LogP contribution in [0, 0.1) is 5.92 Å². The van der Waals surface area contributed by atoms with Crippen molar-refractivity contribution in [1.29, 1.82) is 0 Å². The van der Waals surface area contributed by atoms with Gasteiger partial charge >= 0.3 is 0 Å². The lowest BCUT2D eigenvalue weighted by atomic mass is 9.98. The van der Waals surface area contributed by atoms with E-state index in [-0.39, 0.29) is 17.9 Å². The Balaban J connectivity index is 2.19. The highest BCUT2D eigenvalue weighted by atomic mass is 35.5. The molecule has 0 aliphatic heterocycles. The zero-order chi connectivity index (χ0) is 16.7. The molecule has 122 valence electrons. The van der Waals surface area contributed by atoms with Crippen LogP contribution in [0.5, 0.6) is 0 Å². The van der Waals surface area contributed by atoms with Gasteiger partial charge in [-0.05, 0) is 30.7 Å². The lowest BCUT2D eigenvalue weighted by molar-refractivity contribution is -0.125. The fourth-order valence-corrected chi connectivity index (χ4v) is 2.75. The number of nitrogens with one attached hydrogen (secondary N) is 2. The molecule has 0 aliphatic rings. The third-order valence-electron chi connectivity index (χ3n) is 3.86. The van der Waals surface area contributed by atoms with E-state index in [1.54, 1.807) is 0 Å². The van der Waals surface area contributed by atoms with Crippen LogP contribution in [0.15, 0.2) is 54.6 Å². The second kappa shape index (κ2) is 8.70. The monoisotopic (exact) mass is 330 g/mol. The first-order valence-corrected chi connectivity index (χ1v) is 8.23. The summed E-state index contributed by atoms with van der Waals surface area (Å²) in [6.45, 7) is 2.57. The molecule has 0 radical (unpaired) electrons. The van der Waals surface area contributed by atoms with Crippen LogP contribution in [0.25, 0.3) is 0 Å². The van der Waals surface area contributed by atoms with Crippen molar-refractivity contribution in [3.8, 4) is 0 Å². The minimum atomic E-state index is -0.0945. The van der Waals surface area contributed by atoms with Gasteiger partial charge in [0.1, 0.15) is 0 Å². The Morgan fingerprint density at radius 2 is 1.74 bits per heavy atom. The molecule has 0 unspecified atom stereocenters. The van der Waals surface area contributed by atoms with Crippen molar-refractivity contribution in [3.05, 3.63) is 70.7 Å². The second-order valence-electron chi connectivity index (χ2n) is 5.73. The van der Waals surface area contributed by atoms with Gasteiger partial charge in [-0.15, -0.1) is 0 Å². The maximum atomic E-state index is 12.4. The van der Waals surface area contributed by atoms with Crippen LogP contribution in [-0.2, 0) is 11.2 Å². The van der Waals surface area contributed by atoms with Crippen molar-refractivity contribution >= 4 is 17.5 Å². The van der Waals surface area contributed by atoms with E-state index in [0.717, 1.165) is 16.1 Å². The number of hydrogen-bond donors (Lipinski definition) is 2. The Kier molecular flexibility index (Phi) is 6.63. The summed E-state index contributed by atoms with van der Waals surface area (Å²) >= 11 is 6.28. The summed E-state index contributed by atoms with van der Waals surface area (Å²) in [5, 5.41) is 6.92. The summed E-state index contributed by atoms with van der Waals surface area (Å²) in [5.41, 5.74) is 2.11. The summed E-state index contributed by atoms with van der Waals surface area (Å²) < 4.78 is 0. The Labute approximate surface area is 143 Å². The summed E-state index contributed by atoms with van der Waals surface area (Å²) in [6.07, 6.45) is 0.668. The van der Waals surface area contributed by atoms with Crippen LogP contribution in [0.1, 0.15) is 24.1 Å². The zero-order valence-corrected chi connectivity index (χ0v) is 14.3. The van der Waals surface area contributed by atoms with Crippen molar-refractivity contribution in [2.45, 2.75) is 19.4 Å². The van der Waals surface area contributed by atoms with Gasteiger partial charge < -0.3 is 10.6 Å². The number of amides is 1. The highest BCUT2D eigenvalue weighted by Crippen LogP contribution is 2.23. The fraction of sp³-hybridized carbons (Fsp3) is 0.316. The minimum Gasteiger partial charge on any atom is -0.349 e. The number of halogens is 1. The number of hydrogen-bond acceptors (Lipinski definition) is 2. The summed E-state index contributed by atoms with van der Waals surface area (Å²) in [7, 11) is 1.85. The molecule has 2 rings (SSSR count). The molecule has 0 saturated carbocycles. The molecule has 2 atom stereocenters. The number of rotatable bonds is 7. The average Bonchev–Trinajstić information content (AvgIpc) is 2.57. The first kappa shape index (κ1) is 17.5. The average molecular weight is 331 g/mol. The van der Waals surface area contributed by atoms with E-state index >= 15 is 0 Å². The van der Waals surface area contributed by atoms with E-state index in [2.05, 4.69) is 10.6 Å². The van der Waals surface area contributed by atoms with Crippen molar-refractivity contribution in [2.75, 3.05) is 13.6 Å². The zero-order valence-electron chi connectivity index (χ0n) is 13.6. The smallest absolute Gasteiger partial charge is 0.224 e. The van der Waals surface area contributed by atoms with Gasteiger partial charge in [-0.2, -0.15) is 0 Å². The minimum absolute atomic E-state index is 0.0419. The van der Waals surface area contributed by atoms with Crippen LogP contribution in [0.3, 0.4) is 0 Å². The Hall–Kier alpha value is -1.84. The molecule has 1 amide bonds. The molecule has 23 heavy (non-hydrogen) atoms. The summed E-state index contributed by atoms with van der Waals surface area (Å²) in [5.74, 6) is -0.0438. The molecule has 0 saturated heterocycles. The summed E-state index contributed by atoms with van der Waals surface area (Å²) in [4.78, 5) is 12.4. The maximum absolute atomic E-state index is 12.4. The molecule has 0 aromatic heterocycles. The first-order chi connectivity index (χ1) is 11.1. The standard InChI is InChI=1S/C19H23ClN2O/c1-14(13-21-2)19(23)22-18(15-8-4-3-5-9-15)12-16-10-6-7-11-17(16)20/h3-11,14,18,21H,12-13H2,1-2H3,(H,22,23)/t14-,18+/m1/s1. The molecular formula is C19H23ClN2O. The molecule has 0 aliphatic carbocycles. The molecule has 2 aromatic rings. The molecule has 0 spiro atoms. The van der Waals surface area contributed by atoms with Crippen LogP contribution >= 0.6 is 11.6 Å². The predicted molar refractivity (Wildman–Crippen MR) is 95.6 cm³/mol. The Morgan fingerprint density at radius 3 is 2.39 bits per heavy atom. The molecular weight excluding hydrogens is 308 g/mol. The lowest BCUT2D eigenvalue weighted by Crippen LogP contribution is -2.37. The lowest BCUT2D eigenvalue weighted by Gasteiger charge is -2.22. The van der Waals surface area contributed by atoms with Gasteiger partial charge in [0, 0.05) is 17.5 Å². The molecule has 4 heteroatoms. The van der Waals surface area contributed by atoms with E-state index in [9.17, 15) is 4.79 Å². The number of carbonyl (C=O) groups excluding carboxylic acids is 1. The van der Waals surface area contributed by atoms with E-state index < -0.39 is 0 Å². The molecule has 0 heterocycles. The summed E-state index contributed by atoms with van der Waals surface area (Å²) in [6, 6.07) is 17.7. The molecule has 2 aromatic carbocycles. The quantitative estimate of drug-likeness (QED) is 0.814. The van der Waals surface area contributed by atoms with Crippen molar-refractivity contribution < 1.29 is 4.79 Å². The number of benzene rings is 2. The van der Waals surface area contributed by atoms with E-state index in [1.165, 1.54) is 0 Å². The van der Waals surface area contributed by atoms with Gasteiger partial charge in [-0.3, -0.25) is 4.79 Å². The van der Waals surface area contributed by atoms with Gasteiger partial charge in [0.25, 0.3) is 0 Å². The van der Waals surface area contributed by atoms with Crippen LogP contribution in [-0.4, -0.2) is 19.5 Å². The SMILES string of the molecule is CNC[C@@H](C)C(=O)N[C@@H](Cc1ccccc1Cl)c1ccccc1. The van der Waals surface area contributed by atoms with Gasteiger partial charge in [0.15, 0.2) is 0 Å². The van der Waals surface area contributed by atoms with Crippen molar-refractivity contribution in [3.63, 3.8) is 0 Å². The van der Waals surface area contributed by atoms with Crippen molar-refractivity contribution in [1.82, 2.24) is 10.6 Å². The Morgan fingerprint density at radius 1 is 1.09 bits per heavy atom. The highest BCUT2D eigenvalue weighted by molar-refractivity contribution is 6.31. The van der Waals surface area contributed by atoms with Crippen molar-refractivity contribution in [2.24, 2.45) is 5.92 Å². The number of carbonyl (C=O) groups is 1. The molecule has 0 fully saturated rings. The van der Waals surface area contributed by atoms with E-state index in [0.29, 0.717) is 13.0 Å². The largest absolute Gasteiger partial charge is 0.349 e. The predicted octanol–water partition coefficient (Wildman–Crippen LogP) is 3.60. The van der Waals surface area contributed by atoms with Gasteiger partial charge in [-0.25, -0.2) is 0 Å². The van der Waals surface area contributed by atoms with Crippen LogP contribution < -0.4 is 10.6 Å². The highest BCUT2D eigenvalue weighted by Gasteiger charge is 2.19. The normalized spacial score (nSPS) is 13.3. The third kappa shape index (κ3) is 5.08. The first-order valence-electron chi connectivity index (χ1n) is 7.85. The van der Waals surface area contributed by atoms with E-state index in [1.807, 2.05) is 68.6 Å². The van der Waals surface area contributed by atoms with Crippen LogP contribution in [0.2, 0.25) is 5.02 Å².